The zero-order valence-corrected chi connectivity index (χ0v) is 13.6. The van der Waals surface area contributed by atoms with Crippen molar-refractivity contribution in [2.24, 2.45) is 5.92 Å². The minimum Gasteiger partial charge on any atom is -0.337 e. The Labute approximate surface area is 138 Å². The van der Waals surface area contributed by atoms with Crippen molar-refractivity contribution in [3.63, 3.8) is 0 Å². The predicted octanol–water partition coefficient (Wildman–Crippen LogP) is 4.14. The lowest BCUT2D eigenvalue weighted by Gasteiger charge is -2.31. The number of hydrogen-bond acceptors (Lipinski definition) is 3. The van der Waals surface area contributed by atoms with Crippen LogP contribution in [-0.4, -0.2) is 29.7 Å². The van der Waals surface area contributed by atoms with Crippen molar-refractivity contribution < 1.29 is 9.59 Å². The van der Waals surface area contributed by atoms with E-state index in [0.717, 1.165) is 24.3 Å². The number of benzene rings is 1. The van der Waals surface area contributed by atoms with Gasteiger partial charge in [-0.05, 0) is 48.6 Å². The van der Waals surface area contributed by atoms with Crippen LogP contribution in [0.4, 0.5) is 0 Å². The third-order valence-corrected chi connectivity index (χ3v) is 5.05. The molecule has 1 atom stereocenters. The Morgan fingerprint density at radius 2 is 1.95 bits per heavy atom. The van der Waals surface area contributed by atoms with Gasteiger partial charge in [0.1, 0.15) is 0 Å². The molecule has 3 nitrogen and oxygen atoms in total. The Hall–Kier alpha value is -1.65. The number of carbonyl (C=O) groups is 2. The van der Waals surface area contributed by atoms with Crippen LogP contribution < -0.4 is 0 Å². The second-order valence-electron chi connectivity index (χ2n) is 5.44. The molecular weight excluding hydrogens is 318 g/mol. The van der Waals surface area contributed by atoms with Gasteiger partial charge in [-0.2, -0.15) is 0 Å². The van der Waals surface area contributed by atoms with Crippen molar-refractivity contribution in [3.8, 4) is 0 Å². The van der Waals surface area contributed by atoms with E-state index in [1.54, 1.807) is 29.2 Å². The van der Waals surface area contributed by atoms with E-state index in [1.165, 1.54) is 11.3 Å². The monoisotopic (exact) mass is 333 g/mol. The van der Waals surface area contributed by atoms with E-state index in [0.29, 0.717) is 17.1 Å². The molecule has 1 fully saturated rings. The molecule has 3 rings (SSSR count). The maximum atomic E-state index is 12.6. The van der Waals surface area contributed by atoms with Gasteiger partial charge in [-0.3, -0.25) is 9.59 Å². The van der Waals surface area contributed by atoms with Crippen molar-refractivity contribution in [3.05, 3.63) is 57.2 Å². The topological polar surface area (TPSA) is 37.4 Å². The third kappa shape index (κ3) is 3.23. The Balaban J connectivity index is 1.71. The van der Waals surface area contributed by atoms with E-state index in [-0.39, 0.29) is 17.6 Å². The predicted molar refractivity (Wildman–Crippen MR) is 88.7 cm³/mol. The average Bonchev–Trinajstić information content (AvgIpc) is 3.09. The summed E-state index contributed by atoms with van der Waals surface area (Å²) in [5.74, 6) is 0.00258. The van der Waals surface area contributed by atoms with Gasteiger partial charge in [-0.15, -0.1) is 11.3 Å². The number of likely N-dealkylation sites (tertiary alicyclic amines) is 1. The van der Waals surface area contributed by atoms with Crippen molar-refractivity contribution in [2.45, 2.75) is 12.8 Å². The minimum atomic E-state index is -0.126. The highest BCUT2D eigenvalue weighted by atomic mass is 35.5. The summed E-state index contributed by atoms with van der Waals surface area (Å²) < 4.78 is 0. The number of hydrogen-bond donors (Lipinski definition) is 0. The van der Waals surface area contributed by atoms with E-state index < -0.39 is 0 Å². The summed E-state index contributed by atoms with van der Waals surface area (Å²) in [5.41, 5.74) is 0.667. The second kappa shape index (κ2) is 6.63. The van der Waals surface area contributed by atoms with Crippen LogP contribution in [0.25, 0.3) is 0 Å². The van der Waals surface area contributed by atoms with E-state index in [1.807, 2.05) is 17.5 Å². The highest BCUT2D eigenvalue weighted by Gasteiger charge is 2.29. The Morgan fingerprint density at radius 3 is 2.64 bits per heavy atom. The third-order valence-electron chi connectivity index (χ3n) is 3.94. The summed E-state index contributed by atoms with van der Waals surface area (Å²) in [6.45, 7) is 1.22. The highest BCUT2D eigenvalue weighted by molar-refractivity contribution is 7.12. The molecule has 5 heteroatoms. The molecule has 1 aromatic carbocycles. The molecule has 1 saturated heterocycles. The van der Waals surface area contributed by atoms with Gasteiger partial charge in [0.25, 0.3) is 5.91 Å². The van der Waals surface area contributed by atoms with E-state index in [9.17, 15) is 9.59 Å². The van der Waals surface area contributed by atoms with Gasteiger partial charge in [0.05, 0.1) is 4.88 Å². The maximum absolute atomic E-state index is 12.6. The zero-order chi connectivity index (χ0) is 15.5. The minimum absolute atomic E-state index is 0.0311. The second-order valence-corrected chi connectivity index (χ2v) is 6.82. The summed E-state index contributed by atoms with van der Waals surface area (Å²) in [5, 5.41) is 2.52. The molecule has 0 spiro atoms. The summed E-state index contributed by atoms with van der Waals surface area (Å²) in [4.78, 5) is 27.5. The van der Waals surface area contributed by atoms with Crippen LogP contribution in [0.2, 0.25) is 5.02 Å². The summed E-state index contributed by atoms with van der Waals surface area (Å²) in [7, 11) is 0. The molecule has 2 aromatic rings. The van der Waals surface area contributed by atoms with Gasteiger partial charge in [0.2, 0.25) is 0 Å². The number of carbonyl (C=O) groups excluding carboxylic acids is 2. The molecule has 0 radical (unpaired) electrons. The lowest BCUT2D eigenvalue weighted by molar-refractivity contribution is 0.0641. The first-order chi connectivity index (χ1) is 10.6. The highest BCUT2D eigenvalue weighted by Crippen LogP contribution is 2.24. The number of ketones is 1. The quantitative estimate of drug-likeness (QED) is 0.792. The van der Waals surface area contributed by atoms with Gasteiger partial charge >= 0.3 is 0 Å². The van der Waals surface area contributed by atoms with Crippen molar-refractivity contribution in [1.29, 1.82) is 0 Å². The van der Waals surface area contributed by atoms with Gasteiger partial charge < -0.3 is 4.90 Å². The lowest BCUT2D eigenvalue weighted by Crippen LogP contribution is -2.42. The number of piperidine rings is 1. The van der Waals surface area contributed by atoms with Crippen LogP contribution in [0.15, 0.2) is 41.8 Å². The van der Waals surface area contributed by atoms with Crippen LogP contribution in [0.5, 0.6) is 0 Å². The van der Waals surface area contributed by atoms with Crippen LogP contribution in [0.1, 0.15) is 32.9 Å². The van der Waals surface area contributed by atoms with Crippen LogP contribution in [0.3, 0.4) is 0 Å². The molecule has 114 valence electrons. The molecule has 22 heavy (non-hydrogen) atoms. The van der Waals surface area contributed by atoms with E-state index in [4.69, 9.17) is 11.6 Å². The molecule has 0 bridgehead atoms. The first kappa shape index (κ1) is 15.3. The normalized spacial score (nSPS) is 18.2. The van der Waals surface area contributed by atoms with Crippen LogP contribution in [-0.2, 0) is 0 Å². The molecule has 1 aliphatic rings. The van der Waals surface area contributed by atoms with E-state index >= 15 is 0 Å². The smallest absolute Gasteiger partial charge is 0.263 e. The summed E-state index contributed by atoms with van der Waals surface area (Å²) in [6.07, 6.45) is 1.69. The largest absolute Gasteiger partial charge is 0.337 e. The number of nitrogens with zero attached hydrogens (tertiary/aromatic N) is 1. The van der Waals surface area contributed by atoms with Gasteiger partial charge in [0.15, 0.2) is 5.78 Å². The fourth-order valence-electron chi connectivity index (χ4n) is 2.78. The molecule has 0 saturated carbocycles. The number of halogens is 1. The van der Waals surface area contributed by atoms with E-state index in [2.05, 4.69) is 0 Å². The SMILES string of the molecule is O=C(c1ccc(Cl)cc1)C1CCCN(C(=O)c2cccs2)C1. The van der Waals surface area contributed by atoms with Crippen LogP contribution >= 0.6 is 22.9 Å². The number of amides is 1. The molecule has 0 aliphatic carbocycles. The molecule has 1 amide bonds. The molecule has 0 N–H and O–H groups in total. The molecule has 2 heterocycles. The Morgan fingerprint density at radius 1 is 1.18 bits per heavy atom. The summed E-state index contributed by atoms with van der Waals surface area (Å²) in [6, 6.07) is 10.7. The first-order valence-electron chi connectivity index (χ1n) is 7.27. The van der Waals surface area contributed by atoms with Crippen molar-refractivity contribution in [1.82, 2.24) is 4.90 Å². The Kier molecular flexibility index (Phi) is 4.60. The van der Waals surface area contributed by atoms with Gasteiger partial charge in [-0.1, -0.05) is 17.7 Å². The lowest BCUT2D eigenvalue weighted by atomic mass is 9.90. The molecular formula is C17H16ClNO2S. The van der Waals surface area contributed by atoms with Gasteiger partial charge in [-0.25, -0.2) is 0 Å². The van der Waals surface area contributed by atoms with Crippen molar-refractivity contribution in [2.75, 3.05) is 13.1 Å². The maximum Gasteiger partial charge on any atom is 0.263 e. The standard InChI is InChI=1S/C17H16ClNO2S/c18-14-7-5-12(6-8-14)16(20)13-3-1-9-19(11-13)17(21)15-4-2-10-22-15/h2,4-8,10,13H,1,3,9,11H2. The number of thiophene rings is 1. The summed E-state index contributed by atoms with van der Waals surface area (Å²) >= 11 is 7.30. The molecule has 1 unspecified atom stereocenters. The van der Waals surface area contributed by atoms with Crippen molar-refractivity contribution >= 4 is 34.6 Å². The number of Topliss-reactive ketones (excluding diaryl/α,β-unsaturated/α-hetero) is 1. The Bertz CT molecular complexity index is 666. The average molecular weight is 334 g/mol. The zero-order valence-electron chi connectivity index (χ0n) is 12.0. The van der Waals surface area contributed by atoms with Crippen LogP contribution in [0, 0.1) is 5.92 Å². The first-order valence-corrected chi connectivity index (χ1v) is 8.53. The van der Waals surface area contributed by atoms with Gasteiger partial charge in [0, 0.05) is 29.6 Å². The molecule has 1 aromatic heterocycles. The number of rotatable bonds is 3. The fourth-order valence-corrected chi connectivity index (χ4v) is 3.60. The molecule has 1 aliphatic heterocycles. The fraction of sp³-hybridized carbons (Fsp3) is 0.294.